The monoisotopic (exact) mass is 439 g/mol. The summed E-state index contributed by atoms with van der Waals surface area (Å²) in [6.45, 7) is 5.55. The smallest absolute Gasteiger partial charge is 0.408 e. The summed E-state index contributed by atoms with van der Waals surface area (Å²) >= 11 is 3.38. The molecule has 1 fully saturated rings. The van der Waals surface area contributed by atoms with Crippen LogP contribution in [0.15, 0.2) is 24.3 Å². The van der Waals surface area contributed by atoms with Crippen LogP contribution in [0.1, 0.15) is 39.2 Å². The van der Waals surface area contributed by atoms with Gasteiger partial charge in [-0.15, -0.1) is 0 Å². The Bertz CT molecular complexity index is 685. The lowest BCUT2D eigenvalue weighted by atomic mass is 10.2. The Morgan fingerprint density at radius 3 is 2.48 bits per heavy atom. The van der Waals surface area contributed by atoms with Crippen molar-refractivity contribution in [1.82, 2.24) is 10.2 Å². The van der Waals surface area contributed by atoms with E-state index in [1.807, 2.05) is 24.3 Å². The van der Waals surface area contributed by atoms with Crippen LogP contribution in [0, 0.1) is 0 Å². The van der Waals surface area contributed by atoms with Crippen LogP contribution in [0.3, 0.4) is 0 Å². The fraction of sp³-hybridized carbons (Fsp3) is 0.526. The van der Waals surface area contributed by atoms with E-state index in [2.05, 4.69) is 26.6 Å². The van der Waals surface area contributed by atoms with Gasteiger partial charge in [0.05, 0.1) is 0 Å². The van der Waals surface area contributed by atoms with Gasteiger partial charge in [-0.1, -0.05) is 28.1 Å². The van der Waals surface area contributed by atoms with Crippen LogP contribution >= 0.6 is 15.9 Å². The molecule has 148 valence electrons. The van der Waals surface area contributed by atoms with Crippen molar-refractivity contribution in [1.29, 1.82) is 0 Å². The molecule has 0 radical (unpaired) electrons. The number of rotatable bonds is 5. The maximum atomic E-state index is 12.6. The first-order chi connectivity index (χ1) is 12.7. The zero-order chi connectivity index (χ0) is 20.0. The second-order valence-corrected chi connectivity index (χ2v) is 7.98. The molecular formula is C19H26BrN3O4. The van der Waals surface area contributed by atoms with Crippen molar-refractivity contribution < 1.29 is 19.1 Å². The largest absolute Gasteiger partial charge is 0.444 e. The zero-order valence-corrected chi connectivity index (χ0v) is 17.5. The minimum atomic E-state index is -0.650. The Hall–Kier alpha value is -2.09. The summed E-state index contributed by atoms with van der Waals surface area (Å²) < 4.78 is 5.12. The van der Waals surface area contributed by atoms with Gasteiger partial charge in [-0.05, 0) is 51.3 Å². The molecule has 8 heteroatoms. The second-order valence-electron chi connectivity index (χ2n) is 7.42. The van der Waals surface area contributed by atoms with Gasteiger partial charge in [0, 0.05) is 17.6 Å². The summed E-state index contributed by atoms with van der Waals surface area (Å²) in [5.74, 6) is -0.516. The third-order valence-corrected chi connectivity index (χ3v) is 4.68. The first-order valence-corrected chi connectivity index (χ1v) is 10.0. The molecular weight excluding hydrogens is 414 g/mol. The summed E-state index contributed by atoms with van der Waals surface area (Å²) in [7, 11) is 0. The molecule has 3 amide bonds. The molecule has 1 aromatic carbocycles. The van der Waals surface area contributed by atoms with Crippen molar-refractivity contribution in [3.05, 3.63) is 29.8 Å². The van der Waals surface area contributed by atoms with Crippen LogP contribution < -0.4 is 10.6 Å². The zero-order valence-electron chi connectivity index (χ0n) is 15.9. The number of likely N-dealkylation sites (tertiary alicyclic amines) is 1. The summed E-state index contributed by atoms with van der Waals surface area (Å²) in [6, 6.07) is 6.98. The third kappa shape index (κ3) is 6.53. The molecule has 0 bridgehead atoms. The summed E-state index contributed by atoms with van der Waals surface area (Å²) in [6.07, 6.45) is 0.699. The lowest BCUT2D eigenvalue weighted by molar-refractivity contribution is -0.135. The highest BCUT2D eigenvalue weighted by molar-refractivity contribution is 9.08. The first-order valence-electron chi connectivity index (χ1n) is 8.91. The van der Waals surface area contributed by atoms with Crippen LogP contribution in [0.5, 0.6) is 0 Å². The van der Waals surface area contributed by atoms with Gasteiger partial charge in [-0.2, -0.15) is 0 Å². The molecule has 0 saturated carbocycles. The van der Waals surface area contributed by atoms with Crippen molar-refractivity contribution in [2.45, 2.75) is 50.6 Å². The minimum Gasteiger partial charge on any atom is -0.444 e. The molecule has 1 aliphatic heterocycles. The van der Waals surface area contributed by atoms with Gasteiger partial charge in [0.2, 0.25) is 11.8 Å². The molecule has 0 aromatic heterocycles. The lowest BCUT2D eigenvalue weighted by Gasteiger charge is -2.25. The predicted octanol–water partition coefficient (Wildman–Crippen LogP) is 3.04. The van der Waals surface area contributed by atoms with E-state index in [9.17, 15) is 14.4 Å². The number of anilines is 1. The number of halogens is 1. The predicted molar refractivity (Wildman–Crippen MR) is 107 cm³/mol. The molecule has 7 nitrogen and oxygen atoms in total. The fourth-order valence-corrected chi connectivity index (χ4v) is 3.18. The van der Waals surface area contributed by atoms with Gasteiger partial charge >= 0.3 is 6.09 Å². The maximum Gasteiger partial charge on any atom is 0.408 e. The lowest BCUT2D eigenvalue weighted by Crippen LogP contribution is -2.47. The van der Waals surface area contributed by atoms with Crippen LogP contribution in [0.25, 0.3) is 0 Å². The highest BCUT2D eigenvalue weighted by Crippen LogP contribution is 2.20. The van der Waals surface area contributed by atoms with Crippen LogP contribution in [-0.2, 0) is 19.7 Å². The topological polar surface area (TPSA) is 87.7 Å². The first kappa shape index (κ1) is 21.2. The van der Waals surface area contributed by atoms with Crippen molar-refractivity contribution in [2.75, 3.05) is 18.4 Å². The van der Waals surface area contributed by atoms with E-state index in [4.69, 9.17) is 4.74 Å². The quantitative estimate of drug-likeness (QED) is 0.690. The van der Waals surface area contributed by atoms with Gasteiger partial charge in [0.15, 0.2) is 0 Å². The van der Waals surface area contributed by atoms with E-state index in [1.54, 1.807) is 20.8 Å². The molecule has 0 unspecified atom stereocenters. The Labute approximate surface area is 167 Å². The van der Waals surface area contributed by atoms with Gasteiger partial charge in [0.1, 0.15) is 18.2 Å². The Balaban J connectivity index is 1.90. The number of hydrogen-bond acceptors (Lipinski definition) is 4. The normalized spacial score (nSPS) is 16.7. The molecule has 27 heavy (non-hydrogen) atoms. The van der Waals surface area contributed by atoms with Crippen LogP contribution in [0.4, 0.5) is 10.5 Å². The molecule has 2 rings (SSSR count). The molecule has 1 aliphatic rings. The molecule has 2 N–H and O–H groups in total. The van der Waals surface area contributed by atoms with E-state index < -0.39 is 17.7 Å². The highest BCUT2D eigenvalue weighted by atomic mass is 79.9. The molecule has 1 atom stereocenters. The third-order valence-electron chi connectivity index (χ3n) is 4.03. The van der Waals surface area contributed by atoms with E-state index in [0.717, 1.165) is 17.3 Å². The van der Waals surface area contributed by atoms with E-state index >= 15 is 0 Å². The van der Waals surface area contributed by atoms with Crippen molar-refractivity contribution >= 4 is 39.5 Å². The number of amides is 3. The Kier molecular flexibility index (Phi) is 7.24. The number of alkyl halides is 1. The molecule has 1 saturated heterocycles. The van der Waals surface area contributed by atoms with Gasteiger partial charge in [-0.25, -0.2) is 4.79 Å². The van der Waals surface area contributed by atoms with Gasteiger partial charge in [-0.3, -0.25) is 9.59 Å². The average Bonchev–Trinajstić information content (AvgIpc) is 3.09. The van der Waals surface area contributed by atoms with Crippen molar-refractivity contribution in [3.63, 3.8) is 0 Å². The molecule has 0 spiro atoms. The number of carbonyl (C=O) groups is 3. The Morgan fingerprint density at radius 1 is 1.22 bits per heavy atom. The van der Waals surface area contributed by atoms with Crippen LogP contribution in [-0.4, -0.2) is 47.5 Å². The standard InChI is InChI=1S/C19H26BrN3O4/c1-19(2,3)27-18(26)21-12-16(24)23-10-4-5-15(23)17(25)22-14-8-6-13(11-20)7-9-14/h6-9,15H,4-5,10-12H2,1-3H3,(H,21,26)(H,22,25)/t15-/m0/s1. The Morgan fingerprint density at radius 2 is 1.89 bits per heavy atom. The average molecular weight is 440 g/mol. The SMILES string of the molecule is CC(C)(C)OC(=O)NCC(=O)N1CCC[C@H]1C(=O)Nc1ccc(CBr)cc1. The summed E-state index contributed by atoms with van der Waals surface area (Å²) in [4.78, 5) is 38.2. The van der Waals surface area contributed by atoms with E-state index in [-0.39, 0.29) is 18.4 Å². The van der Waals surface area contributed by atoms with Crippen molar-refractivity contribution in [3.8, 4) is 0 Å². The number of nitrogens with zero attached hydrogens (tertiary/aromatic N) is 1. The number of hydrogen-bond donors (Lipinski definition) is 2. The van der Waals surface area contributed by atoms with E-state index in [0.29, 0.717) is 18.7 Å². The molecule has 0 aliphatic carbocycles. The van der Waals surface area contributed by atoms with Crippen LogP contribution in [0.2, 0.25) is 0 Å². The van der Waals surface area contributed by atoms with Crippen molar-refractivity contribution in [2.24, 2.45) is 0 Å². The fourth-order valence-electron chi connectivity index (χ4n) is 2.80. The number of ether oxygens (including phenoxy) is 1. The number of carbonyl (C=O) groups excluding carboxylic acids is 3. The van der Waals surface area contributed by atoms with E-state index in [1.165, 1.54) is 4.90 Å². The van der Waals surface area contributed by atoms with Gasteiger partial charge < -0.3 is 20.3 Å². The maximum absolute atomic E-state index is 12.6. The molecule has 1 aromatic rings. The highest BCUT2D eigenvalue weighted by Gasteiger charge is 2.34. The minimum absolute atomic E-state index is 0.196. The molecule has 1 heterocycles. The summed E-state index contributed by atoms with van der Waals surface area (Å²) in [5, 5.41) is 6.05. The van der Waals surface area contributed by atoms with Gasteiger partial charge in [0.25, 0.3) is 0 Å². The summed E-state index contributed by atoms with van der Waals surface area (Å²) in [5.41, 5.74) is 1.17. The second kappa shape index (κ2) is 9.21. The number of nitrogens with one attached hydrogen (secondary N) is 2. The number of alkyl carbamates (subject to hydrolysis) is 1. The number of benzene rings is 1.